The Hall–Kier alpha value is -3.67. The van der Waals surface area contributed by atoms with E-state index in [1.165, 1.54) is 11.3 Å². The van der Waals surface area contributed by atoms with Gasteiger partial charge >= 0.3 is 6.03 Å². The van der Waals surface area contributed by atoms with Crippen LogP contribution in [0.5, 0.6) is 5.75 Å². The lowest BCUT2D eigenvalue weighted by Crippen LogP contribution is -2.28. The quantitative estimate of drug-likeness (QED) is 0.287. The number of anilines is 1. The van der Waals surface area contributed by atoms with Crippen molar-refractivity contribution in [3.05, 3.63) is 48.7 Å². The molecule has 3 heterocycles. The molecule has 0 unspecified atom stereocenters. The number of thiazole rings is 1. The number of ether oxygens (including phenoxy) is 2. The number of nitrogens with one attached hydrogen (secondary N) is 2. The lowest BCUT2D eigenvalue weighted by atomic mass is 10.0. The Morgan fingerprint density at radius 1 is 1.11 bits per heavy atom. The maximum atomic E-state index is 12.1. The first-order valence-corrected chi connectivity index (χ1v) is 12.2. The van der Waals surface area contributed by atoms with Gasteiger partial charge in [-0.1, -0.05) is 11.3 Å². The van der Waals surface area contributed by atoms with Crippen molar-refractivity contribution in [2.24, 2.45) is 0 Å². The van der Waals surface area contributed by atoms with E-state index in [0.717, 1.165) is 21.4 Å². The van der Waals surface area contributed by atoms with Gasteiger partial charge in [-0.15, -0.1) is 0 Å². The zero-order valence-corrected chi connectivity index (χ0v) is 21.3. The average molecular weight is 509 g/mol. The standard InChI is InChI=1S/C25H28N6O4S/c1-5-26-23(32)31-24-30-20-11-15(16-13-28-22(29-14-16)25(2,3)33)10-18(21(20)36-24)19-12-17(6-7-27-19)35-9-8-34-4/h6-7,10-14,33H,5,8-9H2,1-4H3,(H2,26,30,31,32). The maximum Gasteiger partial charge on any atom is 0.321 e. The topological polar surface area (TPSA) is 131 Å². The minimum Gasteiger partial charge on any atom is -0.491 e. The summed E-state index contributed by atoms with van der Waals surface area (Å²) >= 11 is 1.36. The van der Waals surface area contributed by atoms with Crippen LogP contribution in [0.1, 0.15) is 26.6 Å². The minimum absolute atomic E-state index is 0.319. The van der Waals surface area contributed by atoms with Gasteiger partial charge in [-0.25, -0.2) is 19.7 Å². The largest absolute Gasteiger partial charge is 0.491 e. The fourth-order valence-electron chi connectivity index (χ4n) is 3.43. The van der Waals surface area contributed by atoms with Crippen LogP contribution < -0.4 is 15.4 Å². The van der Waals surface area contributed by atoms with Crippen LogP contribution in [0.4, 0.5) is 9.93 Å². The van der Waals surface area contributed by atoms with Crippen LogP contribution in [0.3, 0.4) is 0 Å². The van der Waals surface area contributed by atoms with Gasteiger partial charge in [0, 0.05) is 49.4 Å². The molecule has 36 heavy (non-hydrogen) atoms. The molecule has 0 atom stereocenters. The molecule has 4 aromatic rings. The molecule has 0 fully saturated rings. The number of nitrogens with zero attached hydrogens (tertiary/aromatic N) is 4. The van der Waals surface area contributed by atoms with Crippen LogP contribution in [0.25, 0.3) is 32.6 Å². The van der Waals surface area contributed by atoms with Crippen molar-refractivity contribution in [3.63, 3.8) is 0 Å². The number of hydrogen-bond acceptors (Lipinski definition) is 9. The van der Waals surface area contributed by atoms with Crippen molar-refractivity contribution in [2.75, 3.05) is 32.2 Å². The van der Waals surface area contributed by atoms with Crippen molar-refractivity contribution in [1.29, 1.82) is 0 Å². The highest BCUT2D eigenvalue weighted by Gasteiger charge is 2.20. The van der Waals surface area contributed by atoms with Gasteiger partial charge < -0.3 is 19.9 Å². The first-order chi connectivity index (χ1) is 17.3. The lowest BCUT2D eigenvalue weighted by Gasteiger charge is -2.15. The van der Waals surface area contributed by atoms with Gasteiger partial charge in [-0.05, 0) is 44.5 Å². The normalized spacial score (nSPS) is 11.5. The Morgan fingerprint density at radius 3 is 2.58 bits per heavy atom. The van der Waals surface area contributed by atoms with Crippen molar-refractivity contribution in [2.45, 2.75) is 26.4 Å². The number of fused-ring (bicyclic) bond motifs is 1. The smallest absolute Gasteiger partial charge is 0.321 e. The molecular formula is C25H28N6O4S. The van der Waals surface area contributed by atoms with E-state index in [4.69, 9.17) is 9.47 Å². The first-order valence-electron chi connectivity index (χ1n) is 11.4. The van der Waals surface area contributed by atoms with E-state index in [9.17, 15) is 9.90 Å². The minimum atomic E-state index is -1.14. The molecule has 11 heteroatoms. The molecule has 0 saturated carbocycles. The number of rotatable bonds is 9. The summed E-state index contributed by atoms with van der Waals surface area (Å²) in [6, 6.07) is 7.23. The summed E-state index contributed by atoms with van der Waals surface area (Å²) < 4.78 is 11.7. The van der Waals surface area contributed by atoms with Crippen LogP contribution >= 0.6 is 11.3 Å². The SMILES string of the molecule is CCNC(=O)Nc1nc2cc(-c3cnc(C(C)(C)O)nc3)cc(-c3cc(OCCOC)ccn3)c2s1. The number of aromatic nitrogens is 4. The number of methoxy groups -OCH3 is 1. The molecule has 0 bridgehead atoms. The molecule has 2 amide bonds. The summed E-state index contributed by atoms with van der Waals surface area (Å²) in [6.07, 6.45) is 5.03. The number of amides is 2. The lowest BCUT2D eigenvalue weighted by molar-refractivity contribution is 0.0687. The van der Waals surface area contributed by atoms with Gasteiger partial charge in [0.1, 0.15) is 18.0 Å². The summed E-state index contributed by atoms with van der Waals surface area (Å²) in [7, 11) is 1.62. The number of aliphatic hydroxyl groups is 1. The number of benzene rings is 1. The summed E-state index contributed by atoms with van der Waals surface area (Å²) in [5, 5.41) is 16.2. The third kappa shape index (κ3) is 5.93. The highest BCUT2D eigenvalue weighted by atomic mass is 32.1. The third-order valence-corrected chi connectivity index (χ3v) is 6.16. The Morgan fingerprint density at radius 2 is 1.89 bits per heavy atom. The van der Waals surface area contributed by atoms with E-state index in [-0.39, 0.29) is 6.03 Å². The van der Waals surface area contributed by atoms with Crippen LogP contribution in [-0.2, 0) is 10.3 Å². The van der Waals surface area contributed by atoms with Gasteiger partial charge in [0.05, 0.1) is 22.5 Å². The second-order valence-corrected chi connectivity index (χ2v) is 9.45. The maximum absolute atomic E-state index is 12.1. The molecule has 188 valence electrons. The molecule has 1 aromatic carbocycles. The van der Waals surface area contributed by atoms with E-state index in [0.29, 0.717) is 47.7 Å². The molecule has 0 spiro atoms. The van der Waals surface area contributed by atoms with Crippen LogP contribution in [-0.4, -0.2) is 57.9 Å². The van der Waals surface area contributed by atoms with Gasteiger partial charge in [0.2, 0.25) is 0 Å². The predicted octanol–water partition coefficient (Wildman–Crippen LogP) is 4.21. The zero-order valence-electron chi connectivity index (χ0n) is 20.5. The molecule has 10 nitrogen and oxygen atoms in total. The Kier molecular flexibility index (Phi) is 7.73. The van der Waals surface area contributed by atoms with E-state index in [1.807, 2.05) is 25.1 Å². The number of pyridine rings is 1. The summed E-state index contributed by atoms with van der Waals surface area (Å²) in [6.45, 7) is 6.52. The van der Waals surface area contributed by atoms with Crippen LogP contribution in [0.2, 0.25) is 0 Å². The van der Waals surface area contributed by atoms with E-state index < -0.39 is 5.60 Å². The van der Waals surface area contributed by atoms with Crippen molar-refractivity contribution in [1.82, 2.24) is 25.3 Å². The van der Waals surface area contributed by atoms with E-state index in [2.05, 4.69) is 30.6 Å². The molecule has 3 aromatic heterocycles. The fraction of sp³-hybridized carbons (Fsp3) is 0.320. The van der Waals surface area contributed by atoms with E-state index >= 15 is 0 Å². The van der Waals surface area contributed by atoms with Crippen LogP contribution in [0.15, 0.2) is 42.9 Å². The first kappa shape index (κ1) is 25.4. The van der Waals surface area contributed by atoms with Gasteiger partial charge in [0.25, 0.3) is 0 Å². The molecule has 0 aliphatic rings. The van der Waals surface area contributed by atoms with Crippen LogP contribution in [0, 0.1) is 0 Å². The van der Waals surface area contributed by atoms with Gasteiger partial charge in [0.15, 0.2) is 11.0 Å². The van der Waals surface area contributed by atoms with Crippen molar-refractivity contribution < 1.29 is 19.4 Å². The highest BCUT2D eigenvalue weighted by molar-refractivity contribution is 7.22. The molecule has 3 N–H and O–H groups in total. The molecular weight excluding hydrogens is 480 g/mol. The number of urea groups is 1. The second kappa shape index (κ2) is 10.9. The predicted molar refractivity (Wildman–Crippen MR) is 139 cm³/mol. The molecule has 0 radical (unpaired) electrons. The van der Waals surface area contributed by atoms with Gasteiger partial charge in [-0.2, -0.15) is 0 Å². The summed E-state index contributed by atoms with van der Waals surface area (Å²) in [4.78, 5) is 30.0. The molecule has 0 aliphatic carbocycles. The third-order valence-electron chi connectivity index (χ3n) is 5.14. The van der Waals surface area contributed by atoms with Crippen molar-refractivity contribution >= 4 is 32.7 Å². The Balaban J connectivity index is 1.80. The number of carbonyl (C=O) groups excluding carboxylic acids is 1. The average Bonchev–Trinajstić information content (AvgIpc) is 3.25. The number of hydrogen-bond donors (Lipinski definition) is 3. The number of carbonyl (C=O) groups is 1. The van der Waals surface area contributed by atoms with Crippen molar-refractivity contribution in [3.8, 4) is 28.1 Å². The van der Waals surface area contributed by atoms with Gasteiger partial charge in [-0.3, -0.25) is 10.3 Å². The Bertz CT molecular complexity index is 1350. The summed E-state index contributed by atoms with van der Waals surface area (Å²) in [5.74, 6) is 0.996. The molecule has 0 saturated heterocycles. The monoisotopic (exact) mass is 508 g/mol. The second-order valence-electron chi connectivity index (χ2n) is 8.45. The molecule has 4 rings (SSSR count). The Labute approximate surface area is 212 Å². The zero-order chi connectivity index (χ0) is 25.7. The highest BCUT2D eigenvalue weighted by Crippen LogP contribution is 2.38. The summed E-state index contributed by atoms with van der Waals surface area (Å²) in [5.41, 5.74) is 2.65. The molecule has 0 aliphatic heterocycles. The fourth-order valence-corrected chi connectivity index (χ4v) is 4.39. The van der Waals surface area contributed by atoms with E-state index in [1.54, 1.807) is 45.6 Å².